The monoisotopic (exact) mass is 312 g/mol. The topological polar surface area (TPSA) is 93.2 Å². The first-order valence-electron chi connectivity index (χ1n) is 7.24. The number of carbonyl (C=O) groups excluding carboxylic acids is 2. The third-order valence-corrected chi connectivity index (χ3v) is 3.37. The smallest absolute Gasteiger partial charge is 0.337 e. The van der Waals surface area contributed by atoms with E-state index in [1.165, 1.54) is 19.5 Å². The highest BCUT2D eigenvalue weighted by Crippen LogP contribution is 2.22. The number of hydrogen-bond acceptors (Lipinski definition) is 6. The number of carbonyl (C=O) groups is 2. The van der Waals surface area contributed by atoms with Gasteiger partial charge in [0.1, 0.15) is 0 Å². The molecule has 1 saturated carbocycles. The molecule has 1 heterocycles. The van der Waals surface area contributed by atoms with Gasteiger partial charge in [-0.2, -0.15) is 0 Å². The van der Waals surface area contributed by atoms with Gasteiger partial charge in [0.2, 0.25) is 5.95 Å². The first-order chi connectivity index (χ1) is 11.2. The number of anilines is 2. The Morgan fingerprint density at radius 1 is 1.17 bits per heavy atom. The molecule has 1 fully saturated rings. The van der Waals surface area contributed by atoms with Crippen LogP contribution in [0.4, 0.5) is 11.6 Å². The number of benzene rings is 1. The van der Waals surface area contributed by atoms with Crippen LogP contribution in [-0.4, -0.2) is 35.0 Å². The number of nitrogens with one attached hydrogen (secondary N) is 2. The van der Waals surface area contributed by atoms with E-state index in [1.807, 2.05) is 0 Å². The van der Waals surface area contributed by atoms with E-state index in [2.05, 4.69) is 25.3 Å². The van der Waals surface area contributed by atoms with Crippen molar-refractivity contribution in [2.45, 2.75) is 18.9 Å². The van der Waals surface area contributed by atoms with Crippen LogP contribution in [0.15, 0.2) is 36.7 Å². The summed E-state index contributed by atoms with van der Waals surface area (Å²) in [7, 11) is 1.31. The molecule has 1 aromatic heterocycles. The molecule has 0 bridgehead atoms. The Hall–Kier alpha value is -2.96. The molecule has 7 heteroatoms. The van der Waals surface area contributed by atoms with Crippen molar-refractivity contribution in [1.82, 2.24) is 9.97 Å². The van der Waals surface area contributed by atoms with Gasteiger partial charge in [0, 0.05) is 24.1 Å². The lowest BCUT2D eigenvalue weighted by Crippen LogP contribution is -2.14. The van der Waals surface area contributed by atoms with Gasteiger partial charge in [-0.15, -0.1) is 0 Å². The molecule has 1 aliphatic carbocycles. The molecule has 23 heavy (non-hydrogen) atoms. The van der Waals surface area contributed by atoms with E-state index in [1.54, 1.807) is 24.3 Å². The van der Waals surface area contributed by atoms with E-state index in [4.69, 9.17) is 0 Å². The van der Waals surface area contributed by atoms with Gasteiger partial charge in [0.05, 0.1) is 18.2 Å². The maximum atomic E-state index is 12.2. The average Bonchev–Trinajstić information content (AvgIpc) is 3.39. The molecule has 0 aliphatic heterocycles. The predicted molar refractivity (Wildman–Crippen MR) is 84.4 cm³/mol. The van der Waals surface area contributed by atoms with E-state index in [0.29, 0.717) is 28.8 Å². The van der Waals surface area contributed by atoms with Crippen LogP contribution in [0, 0.1) is 0 Å². The molecular formula is C16H16N4O3. The summed E-state index contributed by atoms with van der Waals surface area (Å²) in [5.41, 5.74) is 1.21. The molecule has 118 valence electrons. The van der Waals surface area contributed by atoms with Gasteiger partial charge >= 0.3 is 5.97 Å². The highest BCUT2D eigenvalue weighted by atomic mass is 16.5. The highest BCUT2D eigenvalue weighted by molar-refractivity contribution is 6.04. The molecule has 1 aliphatic rings. The van der Waals surface area contributed by atoms with Crippen LogP contribution in [0.25, 0.3) is 0 Å². The van der Waals surface area contributed by atoms with Crippen LogP contribution in [0.5, 0.6) is 0 Å². The number of nitrogens with zero attached hydrogens (tertiary/aromatic N) is 2. The van der Waals surface area contributed by atoms with Gasteiger partial charge in [0.25, 0.3) is 5.91 Å². The first kappa shape index (κ1) is 15.0. The number of methoxy groups -OCH3 is 1. The van der Waals surface area contributed by atoms with Crippen molar-refractivity contribution in [3.8, 4) is 0 Å². The fourth-order valence-electron chi connectivity index (χ4n) is 1.98. The standard InChI is InChI=1S/C16H16N4O3/c1-23-15(22)10-3-2-4-13(7-10)19-14(21)11-8-17-16(18-9-11)20-12-5-6-12/h2-4,7-9,12H,5-6H2,1H3,(H,19,21)(H,17,18,20). The second-order valence-corrected chi connectivity index (χ2v) is 5.24. The lowest BCUT2D eigenvalue weighted by atomic mass is 10.2. The van der Waals surface area contributed by atoms with Crippen molar-refractivity contribution in [1.29, 1.82) is 0 Å². The number of rotatable bonds is 5. The summed E-state index contributed by atoms with van der Waals surface area (Å²) < 4.78 is 4.65. The summed E-state index contributed by atoms with van der Waals surface area (Å²) in [6, 6.07) is 6.97. The zero-order valence-corrected chi connectivity index (χ0v) is 12.6. The minimum absolute atomic E-state index is 0.342. The van der Waals surface area contributed by atoms with E-state index in [0.717, 1.165) is 12.8 Å². The van der Waals surface area contributed by atoms with Gasteiger partial charge in [-0.1, -0.05) is 6.07 Å². The Bertz CT molecular complexity index is 726. The van der Waals surface area contributed by atoms with Crippen LogP contribution >= 0.6 is 0 Å². The van der Waals surface area contributed by atoms with Crippen LogP contribution in [0.2, 0.25) is 0 Å². The largest absolute Gasteiger partial charge is 0.465 e. The van der Waals surface area contributed by atoms with Crippen molar-refractivity contribution >= 4 is 23.5 Å². The fraction of sp³-hybridized carbons (Fsp3) is 0.250. The van der Waals surface area contributed by atoms with E-state index in [-0.39, 0.29) is 5.91 Å². The molecule has 2 N–H and O–H groups in total. The Morgan fingerprint density at radius 3 is 2.57 bits per heavy atom. The number of amides is 1. The third-order valence-electron chi connectivity index (χ3n) is 3.37. The molecule has 0 unspecified atom stereocenters. The van der Waals surface area contributed by atoms with Crippen LogP contribution in [0.3, 0.4) is 0 Å². The van der Waals surface area contributed by atoms with Gasteiger partial charge < -0.3 is 15.4 Å². The second-order valence-electron chi connectivity index (χ2n) is 5.24. The number of aromatic nitrogens is 2. The first-order valence-corrected chi connectivity index (χ1v) is 7.24. The summed E-state index contributed by atoms with van der Waals surface area (Å²) in [5.74, 6) is -0.276. The van der Waals surface area contributed by atoms with Crippen molar-refractivity contribution in [3.63, 3.8) is 0 Å². The predicted octanol–water partition coefficient (Wildman–Crippen LogP) is 2.09. The molecule has 0 atom stereocenters. The zero-order chi connectivity index (χ0) is 16.2. The van der Waals surface area contributed by atoms with Crippen molar-refractivity contribution in [2.75, 3.05) is 17.7 Å². The summed E-state index contributed by atoms with van der Waals surface area (Å²) in [6.45, 7) is 0. The summed E-state index contributed by atoms with van der Waals surface area (Å²) >= 11 is 0. The highest BCUT2D eigenvalue weighted by Gasteiger charge is 2.21. The quantitative estimate of drug-likeness (QED) is 0.821. The Morgan fingerprint density at radius 2 is 1.91 bits per heavy atom. The van der Waals surface area contributed by atoms with Crippen LogP contribution in [0.1, 0.15) is 33.6 Å². The van der Waals surface area contributed by atoms with Gasteiger partial charge in [-0.25, -0.2) is 14.8 Å². The Kier molecular flexibility index (Phi) is 4.18. The van der Waals surface area contributed by atoms with Crippen molar-refractivity contribution in [2.24, 2.45) is 0 Å². The number of ether oxygens (including phenoxy) is 1. The van der Waals surface area contributed by atoms with Gasteiger partial charge in [-0.05, 0) is 31.0 Å². The van der Waals surface area contributed by atoms with Crippen LogP contribution < -0.4 is 10.6 Å². The average molecular weight is 312 g/mol. The zero-order valence-electron chi connectivity index (χ0n) is 12.6. The molecule has 1 aromatic carbocycles. The number of hydrogen-bond donors (Lipinski definition) is 2. The maximum Gasteiger partial charge on any atom is 0.337 e. The van der Waals surface area contributed by atoms with Gasteiger partial charge in [-0.3, -0.25) is 4.79 Å². The maximum absolute atomic E-state index is 12.2. The molecule has 0 radical (unpaired) electrons. The molecule has 0 spiro atoms. The lowest BCUT2D eigenvalue weighted by Gasteiger charge is -2.07. The summed E-state index contributed by atoms with van der Waals surface area (Å²) in [6.07, 6.45) is 5.19. The second kappa shape index (κ2) is 6.43. The van der Waals surface area contributed by atoms with E-state index < -0.39 is 5.97 Å². The molecule has 7 nitrogen and oxygen atoms in total. The lowest BCUT2D eigenvalue weighted by molar-refractivity contribution is 0.0600. The molecule has 1 amide bonds. The molecule has 3 rings (SSSR count). The fourth-order valence-corrected chi connectivity index (χ4v) is 1.98. The Labute approximate surface area is 133 Å². The molecular weight excluding hydrogens is 296 g/mol. The third kappa shape index (κ3) is 3.82. The number of esters is 1. The molecule has 0 saturated heterocycles. The van der Waals surface area contributed by atoms with E-state index >= 15 is 0 Å². The van der Waals surface area contributed by atoms with Crippen molar-refractivity contribution < 1.29 is 14.3 Å². The SMILES string of the molecule is COC(=O)c1cccc(NC(=O)c2cnc(NC3CC3)nc2)c1. The normalized spacial score (nSPS) is 13.3. The molecule has 2 aromatic rings. The van der Waals surface area contributed by atoms with E-state index in [9.17, 15) is 9.59 Å². The van der Waals surface area contributed by atoms with Crippen molar-refractivity contribution in [3.05, 3.63) is 47.8 Å². The minimum atomic E-state index is -0.458. The minimum Gasteiger partial charge on any atom is -0.465 e. The van der Waals surface area contributed by atoms with Gasteiger partial charge in [0.15, 0.2) is 0 Å². The summed E-state index contributed by atoms with van der Waals surface area (Å²) in [4.78, 5) is 31.9. The Balaban J connectivity index is 1.67. The van der Waals surface area contributed by atoms with Crippen LogP contribution in [-0.2, 0) is 4.74 Å². The summed E-state index contributed by atoms with van der Waals surface area (Å²) in [5, 5.41) is 5.86.